The number of ether oxygens (including phenoxy) is 5. The fourth-order valence-electron chi connectivity index (χ4n) is 10.9. The first-order valence-electron chi connectivity index (χ1n) is 28.3. The molecule has 0 radical (unpaired) electrons. The summed E-state index contributed by atoms with van der Waals surface area (Å²) in [4.78, 5) is 117. The monoisotopic (exact) mass is 1210 g/mol. The number of thiazole rings is 1. The van der Waals surface area contributed by atoms with E-state index in [4.69, 9.17) is 29.5 Å². The molecule has 2 aromatic carbocycles. The van der Waals surface area contributed by atoms with E-state index in [0.29, 0.717) is 25.8 Å². The number of rotatable bonds is 29. The first kappa shape index (κ1) is 68.9. The maximum Gasteiger partial charge on any atom is 0.410 e. The van der Waals surface area contributed by atoms with Gasteiger partial charge in [-0.05, 0) is 60.3 Å². The first-order chi connectivity index (χ1) is 40.2. The minimum Gasteiger partial charge on any atom is -0.479 e. The van der Waals surface area contributed by atoms with Gasteiger partial charge >= 0.3 is 12.1 Å². The third-order valence-electron chi connectivity index (χ3n) is 15.4. The van der Waals surface area contributed by atoms with Gasteiger partial charge in [0.05, 0.1) is 48.4 Å². The first-order valence-corrected chi connectivity index (χ1v) is 29.2. The number of hydrazine groups is 1. The van der Waals surface area contributed by atoms with Crippen LogP contribution >= 0.6 is 11.3 Å². The Morgan fingerprint density at radius 3 is 2.09 bits per heavy atom. The zero-order chi connectivity index (χ0) is 63.0. The summed E-state index contributed by atoms with van der Waals surface area (Å²) in [6, 6.07) is 10.0. The van der Waals surface area contributed by atoms with E-state index in [1.54, 1.807) is 52.8 Å². The molecule has 13 atom stereocenters. The van der Waals surface area contributed by atoms with Crippen molar-refractivity contribution >= 4 is 64.5 Å². The molecule has 2 fully saturated rings. The molecule has 470 valence electrons. The molecule has 2 aliphatic heterocycles. The highest BCUT2D eigenvalue weighted by atomic mass is 32.1. The van der Waals surface area contributed by atoms with Crippen LogP contribution in [-0.4, -0.2) is 190 Å². The number of aliphatic carboxylic acids is 1. The van der Waals surface area contributed by atoms with Gasteiger partial charge in [-0.2, -0.15) is 0 Å². The maximum absolute atomic E-state index is 14.7. The molecule has 3 unspecified atom stereocenters. The van der Waals surface area contributed by atoms with Gasteiger partial charge in [-0.15, -0.1) is 11.3 Å². The maximum atomic E-state index is 14.7. The number of amides is 7. The number of carbonyl (C=O) groups excluding carboxylic acids is 7. The van der Waals surface area contributed by atoms with E-state index in [1.807, 2.05) is 55.0 Å². The number of carbonyl (C=O) groups is 8. The number of hydrogen-bond donors (Lipinski definition) is 9. The van der Waals surface area contributed by atoms with Crippen LogP contribution in [0.1, 0.15) is 103 Å². The molecule has 10 N–H and O–H groups in total. The number of anilines is 1. The average molecular weight is 1210 g/mol. The number of nitrogens with zero attached hydrogens (tertiary/aromatic N) is 4. The summed E-state index contributed by atoms with van der Waals surface area (Å²) >= 11 is 1.46. The highest BCUT2D eigenvalue weighted by molar-refractivity contribution is 7.09. The number of aliphatic hydroxyl groups excluding tert-OH is 3. The minimum absolute atomic E-state index is 0.108. The molecule has 27 heteroatoms. The van der Waals surface area contributed by atoms with Crippen LogP contribution in [0.4, 0.5) is 10.5 Å². The molecule has 7 amide bonds. The number of likely N-dealkylation sites (tertiary alicyclic amines) is 1. The van der Waals surface area contributed by atoms with Crippen molar-refractivity contribution in [3.8, 4) is 5.75 Å². The number of benzene rings is 2. The van der Waals surface area contributed by atoms with Gasteiger partial charge < -0.3 is 69.9 Å². The van der Waals surface area contributed by atoms with Crippen LogP contribution < -0.4 is 32.0 Å². The number of nitrogens with two attached hydrogens (primary N) is 1. The summed E-state index contributed by atoms with van der Waals surface area (Å²) in [6.07, 6.45) is -9.49. The van der Waals surface area contributed by atoms with Crippen LogP contribution in [0.25, 0.3) is 0 Å². The number of nitrogens with one attached hydrogen (secondary N) is 4. The lowest BCUT2D eigenvalue weighted by atomic mass is 9.91. The van der Waals surface area contributed by atoms with E-state index < -0.39 is 127 Å². The van der Waals surface area contributed by atoms with Crippen molar-refractivity contribution in [3.63, 3.8) is 0 Å². The van der Waals surface area contributed by atoms with Gasteiger partial charge in [-0.3, -0.25) is 39.1 Å². The van der Waals surface area contributed by atoms with Gasteiger partial charge in [0.15, 0.2) is 6.10 Å². The van der Waals surface area contributed by atoms with Gasteiger partial charge in [0.1, 0.15) is 47.8 Å². The van der Waals surface area contributed by atoms with Crippen LogP contribution in [0.2, 0.25) is 0 Å². The third kappa shape index (κ3) is 18.1. The van der Waals surface area contributed by atoms with Gasteiger partial charge in [0.25, 0.3) is 0 Å². The Hall–Kier alpha value is -6.85. The van der Waals surface area contributed by atoms with Gasteiger partial charge in [-0.1, -0.05) is 84.9 Å². The van der Waals surface area contributed by atoms with Crippen molar-refractivity contribution in [2.75, 3.05) is 40.2 Å². The molecule has 3 heterocycles. The highest BCUT2D eigenvalue weighted by Gasteiger charge is 2.49. The number of carboxylic acids is 1. The minimum atomic E-state index is -2.01. The second-order valence-corrected chi connectivity index (χ2v) is 23.4. The van der Waals surface area contributed by atoms with Crippen LogP contribution in [-0.2, 0) is 65.5 Å². The quantitative estimate of drug-likeness (QED) is 0.0274. The Morgan fingerprint density at radius 1 is 0.824 bits per heavy atom. The Kier molecular flexibility index (Phi) is 26.0. The predicted octanol–water partition coefficient (Wildman–Crippen LogP) is 2.49. The second-order valence-electron chi connectivity index (χ2n) is 22.5. The summed E-state index contributed by atoms with van der Waals surface area (Å²) in [5.74, 6) is -1.59. The SMILES string of the molecule is CO[C@H]([C@@H](C)C(=O)N[C@@H](Cc1ccccc1)c1nccs1)[C@@H]1CCCN1C(=O)C[C@@H](OC)[C@H](C(C)C)N(C)C(=O)[C@@H](NC(=O)[C@H](C(C)C)N(C)C(=O)OCc1ccc(O[C@@H]2OC(C(=O)O)[C@@H](O)C(O)C2O)c(NC(=O)CCC(=O)NN)c1)C(C)C. The molecule has 2 saturated heterocycles. The van der Waals surface area contributed by atoms with Crippen LogP contribution in [0.3, 0.4) is 0 Å². The molecule has 0 bridgehead atoms. The lowest BCUT2D eigenvalue weighted by Gasteiger charge is -2.40. The molecular formula is C58H85N9O17S. The topological polar surface area (TPSA) is 360 Å². The molecule has 2 aliphatic rings. The number of carboxylic acid groups (broad SMARTS) is 1. The molecule has 3 aromatic rings. The van der Waals surface area contributed by atoms with E-state index >= 15 is 0 Å². The Morgan fingerprint density at radius 2 is 1.51 bits per heavy atom. The summed E-state index contributed by atoms with van der Waals surface area (Å²) < 4.78 is 28.7. The predicted molar refractivity (Wildman–Crippen MR) is 310 cm³/mol. The Balaban J connectivity index is 1.26. The smallest absolute Gasteiger partial charge is 0.410 e. The molecule has 5 rings (SSSR count). The molecule has 1 aromatic heterocycles. The summed E-state index contributed by atoms with van der Waals surface area (Å²) in [6.45, 7) is 12.5. The van der Waals surface area contributed by atoms with Gasteiger partial charge in [0.2, 0.25) is 41.7 Å². The number of aliphatic hydroxyl groups is 3. The second kappa shape index (κ2) is 32.0. The van der Waals surface area contributed by atoms with E-state index in [-0.39, 0.29) is 60.0 Å². The largest absolute Gasteiger partial charge is 0.479 e. The number of methoxy groups -OCH3 is 2. The van der Waals surface area contributed by atoms with Crippen molar-refractivity contribution in [3.05, 3.63) is 76.2 Å². The van der Waals surface area contributed by atoms with Crippen molar-refractivity contribution in [1.82, 2.24) is 35.7 Å². The molecule has 26 nitrogen and oxygen atoms in total. The Bertz CT molecular complexity index is 2720. The van der Waals surface area contributed by atoms with Crippen molar-refractivity contribution < 1.29 is 82.5 Å². The fourth-order valence-corrected chi connectivity index (χ4v) is 11.6. The fraction of sp³-hybridized carbons (Fsp3) is 0.603. The van der Waals surface area contributed by atoms with E-state index in [9.17, 15) is 58.8 Å². The van der Waals surface area contributed by atoms with Gasteiger partial charge in [-0.25, -0.2) is 20.4 Å². The zero-order valence-corrected chi connectivity index (χ0v) is 50.9. The normalized spacial score (nSPS) is 21.2. The lowest BCUT2D eigenvalue weighted by molar-refractivity contribution is -0.271. The molecule has 0 spiro atoms. The molecule has 0 aliphatic carbocycles. The van der Waals surface area contributed by atoms with Crippen molar-refractivity contribution in [2.45, 2.75) is 167 Å². The van der Waals surface area contributed by atoms with Crippen LogP contribution in [0.15, 0.2) is 60.1 Å². The zero-order valence-electron chi connectivity index (χ0n) is 50.0. The van der Waals surface area contributed by atoms with E-state index in [2.05, 4.69) is 20.9 Å². The van der Waals surface area contributed by atoms with Crippen molar-refractivity contribution in [2.24, 2.45) is 29.5 Å². The Labute approximate surface area is 499 Å². The van der Waals surface area contributed by atoms with E-state index in [0.717, 1.165) is 15.5 Å². The van der Waals surface area contributed by atoms with Gasteiger partial charge in [0, 0.05) is 59.3 Å². The molecule has 0 saturated carbocycles. The standard InChI is InChI=1S/C58H85N9O17S/c1-30(2)44(55(76)65(8)45(31(3)4)40(80-10)28-43(70)67-24-15-18-38(67)50(81-11)33(7)52(74)62-37(54-60-23-25-85-54)26-34-16-13-12-14-17-34)63-53(75)46(32(5)6)66(9)58(79)82-29-35-19-20-39(36(27-35)61-41(68)21-22-42(69)64-59)83-57-49(73)47(71)48(72)51(84-57)56(77)78/h12-14,16-17,19-20,23,25,27,30-33,37-38,40,44-51,57,71-73H,15,18,21-22,24,26,28-29,59H2,1-11H3,(H,61,68)(H,62,74)(H,63,75)(H,64,69)(H,77,78)/t33-,37+,38+,40-,44+,45+,46+,47?,48+,49?,50-,51?,57-/m1/s1. The number of hydrogen-bond acceptors (Lipinski definition) is 19. The summed E-state index contributed by atoms with van der Waals surface area (Å²) in [7, 11) is 5.96. The number of aromatic nitrogens is 1. The van der Waals surface area contributed by atoms with Crippen LogP contribution in [0, 0.1) is 23.7 Å². The van der Waals surface area contributed by atoms with Crippen LogP contribution in [0.5, 0.6) is 5.75 Å². The highest BCUT2D eigenvalue weighted by Crippen LogP contribution is 2.33. The van der Waals surface area contributed by atoms with E-state index in [1.165, 1.54) is 55.7 Å². The third-order valence-corrected chi connectivity index (χ3v) is 16.3. The summed E-state index contributed by atoms with van der Waals surface area (Å²) in [5.41, 5.74) is 3.07. The average Bonchev–Trinajstić information content (AvgIpc) is 3.72. The molecule has 85 heavy (non-hydrogen) atoms. The van der Waals surface area contributed by atoms with Crippen molar-refractivity contribution in [1.29, 1.82) is 0 Å². The summed E-state index contributed by atoms with van der Waals surface area (Å²) in [5, 5.41) is 51.9. The lowest BCUT2D eigenvalue weighted by Crippen LogP contribution is -2.61. The molecular weight excluding hydrogens is 1130 g/mol. The number of likely N-dealkylation sites (N-methyl/N-ethyl adjacent to an activating group) is 2.